The number of halogens is 1. The van der Waals surface area contributed by atoms with Gasteiger partial charge in [0.05, 0.1) is 6.10 Å². The third-order valence-corrected chi connectivity index (χ3v) is 11.8. The van der Waals surface area contributed by atoms with Gasteiger partial charge in [0.15, 0.2) is 8.32 Å². The van der Waals surface area contributed by atoms with Crippen LogP contribution in [0.2, 0.25) is 18.1 Å². The zero-order valence-electron chi connectivity index (χ0n) is 14.3. The fourth-order valence-electron chi connectivity index (χ4n) is 1.84. The first kappa shape index (κ1) is 20.2. The monoisotopic (exact) mass is 382 g/mol. The number of hydrogen-bond donors (Lipinski definition) is 0. The molecule has 0 bridgehead atoms. The average molecular weight is 383 g/mol. The molecule has 0 radical (unpaired) electrons. The fourth-order valence-corrected chi connectivity index (χ4v) is 5.18. The lowest BCUT2D eigenvalue weighted by atomic mass is 10.1. The van der Waals surface area contributed by atoms with Gasteiger partial charge in [0, 0.05) is 10.7 Å². The van der Waals surface area contributed by atoms with Gasteiger partial charge in [0.25, 0.3) is 9.05 Å². The van der Waals surface area contributed by atoms with Gasteiger partial charge in [-0.3, -0.25) is 0 Å². The van der Waals surface area contributed by atoms with Crippen LogP contribution in [0.4, 0.5) is 0 Å². The lowest BCUT2D eigenvalue weighted by Gasteiger charge is -2.39. The first-order chi connectivity index (χ1) is 9.88. The van der Waals surface area contributed by atoms with Gasteiger partial charge in [0.2, 0.25) is 0 Å². The van der Waals surface area contributed by atoms with Crippen LogP contribution in [0.1, 0.15) is 58.6 Å². The second-order valence-electron chi connectivity index (χ2n) is 7.15. The van der Waals surface area contributed by atoms with Gasteiger partial charge in [0.1, 0.15) is 4.21 Å². The van der Waals surface area contributed by atoms with E-state index in [2.05, 4.69) is 40.8 Å². The molecular weight excluding hydrogens is 356 g/mol. The van der Waals surface area contributed by atoms with Crippen molar-refractivity contribution in [3.05, 3.63) is 17.0 Å². The summed E-state index contributed by atoms with van der Waals surface area (Å²) in [6, 6.07) is 1.67. The summed E-state index contributed by atoms with van der Waals surface area (Å²) < 4.78 is 29.7. The third-order valence-electron chi connectivity index (χ3n) is 4.27. The summed E-state index contributed by atoms with van der Waals surface area (Å²) in [5.74, 6) is 0. The van der Waals surface area contributed by atoms with Crippen LogP contribution in [0, 0.1) is 0 Å². The lowest BCUT2D eigenvalue weighted by Crippen LogP contribution is -2.41. The van der Waals surface area contributed by atoms with E-state index >= 15 is 0 Å². The van der Waals surface area contributed by atoms with E-state index in [0.29, 0.717) is 0 Å². The molecule has 3 nitrogen and oxygen atoms in total. The highest BCUT2D eigenvalue weighted by molar-refractivity contribution is 8.15. The molecule has 0 amide bonds. The number of hydrogen-bond acceptors (Lipinski definition) is 4. The van der Waals surface area contributed by atoms with Crippen molar-refractivity contribution in [1.29, 1.82) is 0 Å². The van der Waals surface area contributed by atoms with E-state index in [0.717, 1.165) is 24.8 Å². The molecule has 0 aliphatic carbocycles. The standard InChI is InChI=1S/C15H27ClO3S2Si/c1-7-8-9-13(19-22(5,6)15(2,3)4)12-10-14(20-11-12)21(16,17)18/h10-11,13H,7-9H2,1-6H3. The minimum absolute atomic E-state index is 0.0516. The maximum absolute atomic E-state index is 11.5. The van der Waals surface area contributed by atoms with Crippen molar-refractivity contribution in [1.82, 2.24) is 0 Å². The van der Waals surface area contributed by atoms with Crippen LogP contribution in [0.25, 0.3) is 0 Å². The van der Waals surface area contributed by atoms with Gasteiger partial charge >= 0.3 is 0 Å². The van der Waals surface area contributed by atoms with Gasteiger partial charge in [-0.1, -0.05) is 40.5 Å². The summed E-state index contributed by atoms with van der Waals surface area (Å²) in [6.45, 7) is 13.2. The van der Waals surface area contributed by atoms with E-state index in [-0.39, 0.29) is 15.4 Å². The highest BCUT2D eigenvalue weighted by atomic mass is 35.7. The van der Waals surface area contributed by atoms with Gasteiger partial charge in [-0.05, 0) is 41.6 Å². The van der Waals surface area contributed by atoms with E-state index in [1.807, 2.05) is 5.38 Å². The smallest absolute Gasteiger partial charge is 0.270 e. The van der Waals surface area contributed by atoms with Crippen molar-refractivity contribution in [2.75, 3.05) is 0 Å². The molecule has 0 aromatic carbocycles. The maximum Gasteiger partial charge on any atom is 0.270 e. The Balaban J connectivity index is 3.06. The van der Waals surface area contributed by atoms with Crippen molar-refractivity contribution in [3.8, 4) is 0 Å². The Bertz CT molecular complexity index is 588. The molecule has 1 rings (SSSR count). The Labute approximate surface area is 144 Å². The molecule has 1 aromatic rings. The lowest BCUT2D eigenvalue weighted by molar-refractivity contribution is 0.171. The molecule has 0 saturated carbocycles. The second kappa shape index (κ2) is 7.34. The summed E-state index contributed by atoms with van der Waals surface area (Å²) >= 11 is 1.17. The van der Waals surface area contributed by atoms with Crippen molar-refractivity contribution >= 4 is 39.4 Å². The maximum atomic E-state index is 11.5. The molecule has 0 aliphatic heterocycles. The first-order valence-corrected chi connectivity index (χ1v) is 13.7. The van der Waals surface area contributed by atoms with Gasteiger partial charge < -0.3 is 4.43 Å². The van der Waals surface area contributed by atoms with E-state index in [9.17, 15) is 8.42 Å². The van der Waals surface area contributed by atoms with Crippen LogP contribution < -0.4 is 0 Å². The largest absolute Gasteiger partial charge is 0.410 e. The predicted molar refractivity (Wildman–Crippen MR) is 97.9 cm³/mol. The summed E-state index contributed by atoms with van der Waals surface area (Å²) in [7, 11) is -0.140. The molecule has 0 spiro atoms. The minimum atomic E-state index is -3.66. The summed E-state index contributed by atoms with van der Waals surface area (Å²) in [4.78, 5) is 0. The Morgan fingerprint density at radius 2 is 1.95 bits per heavy atom. The zero-order valence-corrected chi connectivity index (χ0v) is 17.7. The molecule has 0 N–H and O–H groups in total. The van der Waals surface area contributed by atoms with Crippen molar-refractivity contribution < 1.29 is 12.8 Å². The normalized spacial score (nSPS) is 15.0. The second-order valence-corrected chi connectivity index (χ2v) is 15.6. The molecule has 0 aliphatic rings. The predicted octanol–water partition coefficient (Wildman–Crippen LogP) is 5.93. The van der Waals surface area contributed by atoms with E-state index in [1.165, 1.54) is 11.3 Å². The third kappa shape index (κ3) is 5.34. The molecule has 1 heterocycles. The summed E-state index contributed by atoms with van der Waals surface area (Å²) in [6.07, 6.45) is 2.99. The molecule has 22 heavy (non-hydrogen) atoms. The topological polar surface area (TPSA) is 43.4 Å². The summed E-state index contributed by atoms with van der Waals surface area (Å²) in [5, 5.41) is 1.98. The quantitative estimate of drug-likeness (QED) is 0.433. The Kier molecular flexibility index (Phi) is 6.73. The van der Waals surface area contributed by atoms with Crippen LogP contribution in [0.3, 0.4) is 0 Å². The molecule has 7 heteroatoms. The Morgan fingerprint density at radius 1 is 1.36 bits per heavy atom. The summed E-state index contributed by atoms with van der Waals surface area (Å²) in [5.41, 5.74) is 0.933. The van der Waals surface area contributed by atoms with Crippen molar-refractivity contribution in [3.63, 3.8) is 0 Å². The number of unbranched alkanes of at least 4 members (excludes halogenated alkanes) is 1. The highest BCUT2D eigenvalue weighted by Gasteiger charge is 2.39. The molecule has 128 valence electrons. The van der Waals surface area contributed by atoms with E-state index in [4.69, 9.17) is 15.1 Å². The molecule has 1 atom stereocenters. The molecule has 0 fully saturated rings. The van der Waals surface area contributed by atoms with E-state index < -0.39 is 17.4 Å². The highest BCUT2D eigenvalue weighted by Crippen LogP contribution is 2.42. The molecule has 0 saturated heterocycles. The van der Waals surface area contributed by atoms with Crippen LogP contribution in [-0.2, 0) is 13.5 Å². The Hall–Kier alpha value is 0.117. The minimum Gasteiger partial charge on any atom is -0.410 e. The van der Waals surface area contributed by atoms with Crippen molar-refractivity contribution in [2.24, 2.45) is 0 Å². The van der Waals surface area contributed by atoms with Gasteiger partial charge in [-0.2, -0.15) is 0 Å². The van der Waals surface area contributed by atoms with Crippen LogP contribution in [-0.4, -0.2) is 16.7 Å². The van der Waals surface area contributed by atoms with Crippen LogP contribution in [0.15, 0.2) is 15.7 Å². The first-order valence-electron chi connectivity index (χ1n) is 7.59. The molecule has 1 aromatic heterocycles. The van der Waals surface area contributed by atoms with Crippen LogP contribution >= 0.6 is 22.0 Å². The SMILES string of the molecule is CCCCC(O[Si](C)(C)C(C)(C)C)c1csc(S(=O)(=O)Cl)c1. The number of rotatable bonds is 7. The number of thiophene rings is 1. The fraction of sp³-hybridized carbons (Fsp3) is 0.733. The van der Waals surface area contributed by atoms with Gasteiger partial charge in [-0.25, -0.2) is 8.42 Å². The van der Waals surface area contributed by atoms with Crippen molar-refractivity contribution in [2.45, 2.75) is 75.4 Å². The van der Waals surface area contributed by atoms with Crippen LogP contribution in [0.5, 0.6) is 0 Å². The van der Waals surface area contributed by atoms with E-state index in [1.54, 1.807) is 6.07 Å². The zero-order chi connectivity index (χ0) is 17.2. The molecule has 1 unspecified atom stereocenters. The Morgan fingerprint density at radius 3 is 2.36 bits per heavy atom. The average Bonchev–Trinajstić information content (AvgIpc) is 2.82. The molecular formula is C15H27ClO3S2Si. The van der Waals surface area contributed by atoms with Gasteiger partial charge in [-0.15, -0.1) is 11.3 Å².